The molecule has 0 amide bonds. The Labute approximate surface area is 37.7 Å². The highest BCUT2D eigenvalue weighted by atomic mass is 35.5. The Morgan fingerprint density at radius 3 is 1.20 bits per heavy atom. The molecule has 5 heavy (non-hydrogen) atoms. The molecule has 0 heterocycles. The minimum absolute atomic E-state index is 0. The molecular formula is H4ClNO2Si. The molecule has 0 atom stereocenters. The highest BCUT2D eigenvalue weighted by molar-refractivity contribution is 5.94. The molecule has 32 valence electrons. The van der Waals surface area contributed by atoms with Crippen molar-refractivity contribution in [3.8, 4) is 0 Å². The molecular weight excluding hydrogens is 110 g/mol. The minimum atomic E-state index is -1.42. The Morgan fingerprint density at radius 2 is 1.20 bits per heavy atom. The Morgan fingerprint density at radius 1 is 1.20 bits per heavy atom. The third kappa shape index (κ3) is 3880. The quantitative estimate of drug-likeness (QED) is 0.449. The normalized spacial score (nSPS) is 1.60. The van der Waals surface area contributed by atoms with Gasteiger partial charge in [-0.2, -0.15) is 0 Å². The number of rotatable bonds is 0. The first kappa shape index (κ1) is 19.6. The standard InChI is InChI=1S/ClH.H3N.O2Si/c;;1-3-2/h1H;1H3;. The van der Waals surface area contributed by atoms with Crippen LogP contribution < -0.4 is 6.15 Å². The van der Waals surface area contributed by atoms with Gasteiger partial charge in [0, 0.05) is 0 Å². The monoisotopic (exact) mass is 113 g/mol. The fourth-order valence-corrected chi connectivity index (χ4v) is 0. The van der Waals surface area contributed by atoms with Crippen molar-refractivity contribution >= 4 is 21.7 Å². The zero-order valence-electron chi connectivity index (χ0n) is 2.43. The van der Waals surface area contributed by atoms with Gasteiger partial charge in [-0.3, -0.25) is 8.92 Å². The van der Waals surface area contributed by atoms with Crippen LogP contribution in [0.15, 0.2) is 0 Å². The Kier molecular flexibility index (Phi) is 132. The predicted molar refractivity (Wildman–Crippen MR) is 19.4 cm³/mol. The molecule has 0 aliphatic heterocycles. The Bertz CT molecular complexity index is 30.6. The molecule has 0 saturated heterocycles. The van der Waals surface area contributed by atoms with Crippen LogP contribution in [0.25, 0.3) is 0 Å². The molecule has 0 saturated carbocycles. The van der Waals surface area contributed by atoms with Gasteiger partial charge in [-0.15, -0.1) is 12.4 Å². The first-order valence-electron chi connectivity index (χ1n) is 0.408. The highest BCUT2D eigenvalue weighted by Crippen LogP contribution is 0.759. The molecule has 0 aromatic rings. The van der Waals surface area contributed by atoms with Crippen LogP contribution in [-0.4, -0.2) is 9.29 Å². The van der Waals surface area contributed by atoms with Crippen molar-refractivity contribution < 1.29 is 8.92 Å². The van der Waals surface area contributed by atoms with E-state index in [4.69, 9.17) is 8.92 Å². The number of hydrogen-bond acceptors (Lipinski definition) is 3. The van der Waals surface area contributed by atoms with Gasteiger partial charge in [-0.05, 0) is 0 Å². The van der Waals surface area contributed by atoms with E-state index in [1.165, 1.54) is 0 Å². The molecule has 0 aliphatic rings. The molecule has 0 unspecified atom stereocenters. The van der Waals surface area contributed by atoms with Gasteiger partial charge < -0.3 is 6.15 Å². The molecule has 3 nitrogen and oxygen atoms in total. The van der Waals surface area contributed by atoms with Gasteiger partial charge in [0.25, 0.3) is 0 Å². The minimum Gasteiger partial charge on any atom is -0.344 e. The summed E-state index contributed by atoms with van der Waals surface area (Å²) in [7, 11) is -1.42. The van der Waals surface area contributed by atoms with E-state index < -0.39 is 9.29 Å². The van der Waals surface area contributed by atoms with Crippen LogP contribution in [0.2, 0.25) is 0 Å². The maximum atomic E-state index is 8.40. The van der Waals surface area contributed by atoms with E-state index in [2.05, 4.69) is 0 Å². The van der Waals surface area contributed by atoms with Gasteiger partial charge in [-0.25, -0.2) is 0 Å². The summed E-state index contributed by atoms with van der Waals surface area (Å²) in [4.78, 5) is 0. The van der Waals surface area contributed by atoms with E-state index in [0.29, 0.717) is 0 Å². The zero-order valence-corrected chi connectivity index (χ0v) is 4.25. The second-order valence-electron chi connectivity index (χ2n) is 0.0833. The molecule has 0 aromatic carbocycles. The summed E-state index contributed by atoms with van der Waals surface area (Å²) >= 11 is 0. The van der Waals surface area contributed by atoms with Crippen LogP contribution in [0.1, 0.15) is 0 Å². The van der Waals surface area contributed by atoms with Crippen molar-refractivity contribution in [1.82, 2.24) is 6.15 Å². The van der Waals surface area contributed by atoms with Gasteiger partial charge >= 0.3 is 9.29 Å². The van der Waals surface area contributed by atoms with E-state index in [0.717, 1.165) is 0 Å². The average molecular weight is 114 g/mol. The Balaban J connectivity index is -0.0000000200. The lowest BCUT2D eigenvalue weighted by Crippen LogP contribution is -1.26. The molecule has 0 rings (SSSR count). The lowest BCUT2D eigenvalue weighted by atomic mass is 14.0. The molecule has 0 bridgehead atoms. The van der Waals surface area contributed by atoms with Crippen LogP contribution in [-0.2, 0) is 8.92 Å². The summed E-state index contributed by atoms with van der Waals surface area (Å²) in [5.41, 5.74) is 0. The molecule has 5 heteroatoms. The average Bonchev–Trinajstić information content (AvgIpc) is 0.918. The zero-order chi connectivity index (χ0) is 2.71. The van der Waals surface area contributed by atoms with E-state index in [1.807, 2.05) is 0 Å². The van der Waals surface area contributed by atoms with E-state index in [9.17, 15) is 0 Å². The predicted octanol–water partition coefficient (Wildman–Crippen LogP) is -0.0346. The van der Waals surface area contributed by atoms with Crippen LogP contribution >= 0.6 is 12.4 Å². The third-order valence-electron chi connectivity index (χ3n) is 0. The van der Waals surface area contributed by atoms with Gasteiger partial charge in [0.05, 0.1) is 0 Å². The summed E-state index contributed by atoms with van der Waals surface area (Å²) in [5, 5.41) is 0. The molecule has 0 spiro atoms. The van der Waals surface area contributed by atoms with E-state index >= 15 is 0 Å². The summed E-state index contributed by atoms with van der Waals surface area (Å²) < 4.78 is 16.8. The van der Waals surface area contributed by atoms with Crippen LogP contribution in [0.3, 0.4) is 0 Å². The van der Waals surface area contributed by atoms with Crippen molar-refractivity contribution in [2.45, 2.75) is 0 Å². The molecule has 0 fully saturated rings. The van der Waals surface area contributed by atoms with Crippen LogP contribution in [0.4, 0.5) is 0 Å². The lowest BCUT2D eigenvalue weighted by Gasteiger charge is -0.944. The molecule has 0 aromatic heterocycles. The van der Waals surface area contributed by atoms with Gasteiger partial charge in [-0.1, -0.05) is 0 Å². The van der Waals surface area contributed by atoms with Gasteiger partial charge in [0.15, 0.2) is 0 Å². The van der Waals surface area contributed by atoms with E-state index in [-0.39, 0.29) is 18.6 Å². The van der Waals surface area contributed by atoms with Crippen molar-refractivity contribution in [2.24, 2.45) is 0 Å². The third-order valence-corrected chi connectivity index (χ3v) is 0. The Hall–Kier alpha value is 0.0669. The van der Waals surface area contributed by atoms with Gasteiger partial charge in [0.2, 0.25) is 0 Å². The second-order valence-corrected chi connectivity index (χ2v) is 0.250. The fourth-order valence-electron chi connectivity index (χ4n) is 0. The van der Waals surface area contributed by atoms with Crippen LogP contribution in [0, 0.1) is 0 Å². The van der Waals surface area contributed by atoms with Crippen molar-refractivity contribution in [1.29, 1.82) is 0 Å². The number of hydrogen-bond donors (Lipinski definition) is 1. The lowest BCUT2D eigenvalue weighted by molar-refractivity contribution is 0.497. The van der Waals surface area contributed by atoms with Gasteiger partial charge in [0.1, 0.15) is 0 Å². The molecule has 0 aliphatic carbocycles. The smallest absolute Gasteiger partial charge is 0.344 e. The van der Waals surface area contributed by atoms with E-state index in [1.54, 1.807) is 0 Å². The summed E-state index contributed by atoms with van der Waals surface area (Å²) in [5.74, 6) is 0. The first-order valence-corrected chi connectivity index (χ1v) is 1.22. The summed E-state index contributed by atoms with van der Waals surface area (Å²) in [6.45, 7) is 0. The van der Waals surface area contributed by atoms with Crippen molar-refractivity contribution in [3.63, 3.8) is 0 Å². The first-order chi connectivity index (χ1) is 1.41. The largest absolute Gasteiger partial charge is 0.549 e. The summed E-state index contributed by atoms with van der Waals surface area (Å²) in [6, 6.07) is 0. The maximum Gasteiger partial charge on any atom is 0.549 e. The highest BCUT2D eigenvalue weighted by Gasteiger charge is 1.22. The number of halogens is 1. The second kappa shape index (κ2) is 33.6. The van der Waals surface area contributed by atoms with Crippen LogP contribution in [0.5, 0.6) is 0 Å². The SMILES string of the molecule is Cl.N.O=[Si]=O. The van der Waals surface area contributed by atoms with Crippen molar-refractivity contribution in [3.05, 3.63) is 0 Å². The van der Waals surface area contributed by atoms with Crippen molar-refractivity contribution in [2.75, 3.05) is 0 Å². The summed E-state index contributed by atoms with van der Waals surface area (Å²) in [6.07, 6.45) is 0. The topological polar surface area (TPSA) is 69.1 Å². The molecule has 0 radical (unpaired) electrons. The maximum absolute atomic E-state index is 8.40. The molecule has 3 N–H and O–H groups in total. The fraction of sp³-hybridized carbons (Fsp3) is 0.